The monoisotopic (exact) mass is 282 g/mol. The van der Waals surface area contributed by atoms with Gasteiger partial charge in [0.05, 0.1) is 18.1 Å². The van der Waals surface area contributed by atoms with Crippen LogP contribution in [0.1, 0.15) is 44.1 Å². The van der Waals surface area contributed by atoms with Crippen LogP contribution >= 0.6 is 0 Å². The van der Waals surface area contributed by atoms with E-state index in [0.29, 0.717) is 6.42 Å². The first-order valence-electron chi connectivity index (χ1n) is 7.74. The van der Waals surface area contributed by atoms with Crippen LogP contribution in [0.3, 0.4) is 0 Å². The molecule has 0 radical (unpaired) electrons. The van der Waals surface area contributed by atoms with Crippen LogP contribution in [0.15, 0.2) is 24.5 Å². The van der Waals surface area contributed by atoms with Gasteiger partial charge >= 0.3 is 0 Å². The van der Waals surface area contributed by atoms with E-state index in [0.717, 1.165) is 37.9 Å². The van der Waals surface area contributed by atoms with Crippen molar-refractivity contribution in [3.63, 3.8) is 0 Å². The first-order valence-corrected chi connectivity index (χ1v) is 7.74. The summed E-state index contributed by atoms with van der Waals surface area (Å²) in [5, 5.41) is 18.4. The lowest BCUT2D eigenvalue weighted by Crippen LogP contribution is -2.40. The molecule has 0 aromatic carbocycles. The summed E-state index contributed by atoms with van der Waals surface area (Å²) < 4.78 is 0. The SMILES string of the molecule is N#CCCN(Cc1cccnc1)C1CCCCCC1C#N. The fourth-order valence-electron chi connectivity index (χ4n) is 3.16. The average Bonchev–Trinajstić information content (AvgIpc) is 2.77. The predicted octanol–water partition coefficient (Wildman–Crippen LogP) is 3.27. The molecule has 1 aromatic rings. The molecule has 1 saturated carbocycles. The van der Waals surface area contributed by atoms with Gasteiger partial charge in [-0.15, -0.1) is 0 Å². The van der Waals surface area contributed by atoms with Crippen molar-refractivity contribution >= 4 is 0 Å². The van der Waals surface area contributed by atoms with Crippen LogP contribution in [0.4, 0.5) is 0 Å². The average molecular weight is 282 g/mol. The van der Waals surface area contributed by atoms with E-state index in [1.165, 1.54) is 12.8 Å². The van der Waals surface area contributed by atoms with Crippen LogP contribution < -0.4 is 0 Å². The Kier molecular flexibility index (Phi) is 6.19. The molecule has 1 aromatic heterocycles. The Balaban J connectivity index is 2.13. The molecule has 1 fully saturated rings. The summed E-state index contributed by atoms with van der Waals surface area (Å²) in [5.74, 6) is 0.0860. The summed E-state index contributed by atoms with van der Waals surface area (Å²) in [7, 11) is 0. The minimum atomic E-state index is 0.0860. The topological polar surface area (TPSA) is 63.7 Å². The summed E-state index contributed by atoms with van der Waals surface area (Å²) in [5.41, 5.74) is 1.15. The van der Waals surface area contributed by atoms with Gasteiger partial charge in [0, 0.05) is 37.9 Å². The molecule has 0 spiro atoms. The van der Waals surface area contributed by atoms with E-state index in [-0.39, 0.29) is 12.0 Å². The van der Waals surface area contributed by atoms with Gasteiger partial charge in [0.1, 0.15) is 0 Å². The van der Waals surface area contributed by atoms with E-state index in [2.05, 4.69) is 28.1 Å². The van der Waals surface area contributed by atoms with Crippen molar-refractivity contribution in [2.45, 2.75) is 51.1 Å². The lowest BCUT2D eigenvalue weighted by molar-refractivity contribution is 0.148. The van der Waals surface area contributed by atoms with E-state index in [1.807, 2.05) is 12.3 Å². The van der Waals surface area contributed by atoms with E-state index in [1.54, 1.807) is 6.20 Å². The Morgan fingerprint density at radius 1 is 1.24 bits per heavy atom. The molecule has 0 bridgehead atoms. The van der Waals surface area contributed by atoms with Crippen LogP contribution in [0.2, 0.25) is 0 Å². The molecule has 1 aliphatic rings. The number of nitrogens with zero attached hydrogens (tertiary/aromatic N) is 4. The highest BCUT2D eigenvalue weighted by atomic mass is 15.2. The van der Waals surface area contributed by atoms with Gasteiger partial charge in [-0.1, -0.05) is 25.3 Å². The fraction of sp³-hybridized carbons (Fsp3) is 0.588. The Bertz CT molecular complexity index is 500. The second-order valence-electron chi connectivity index (χ2n) is 5.68. The third kappa shape index (κ3) is 4.55. The zero-order valence-corrected chi connectivity index (χ0v) is 12.4. The Hall–Kier alpha value is -1.91. The van der Waals surface area contributed by atoms with Crippen molar-refractivity contribution < 1.29 is 0 Å². The first-order chi connectivity index (χ1) is 10.3. The highest BCUT2D eigenvalue weighted by molar-refractivity contribution is 5.09. The van der Waals surface area contributed by atoms with Crippen LogP contribution in [0, 0.1) is 28.6 Å². The molecule has 2 unspecified atom stereocenters. The quantitative estimate of drug-likeness (QED) is 0.777. The molecule has 1 heterocycles. The molecular formula is C17H22N4. The molecule has 4 heteroatoms. The van der Waals surface area contributed by atoms with Crippen molar-refractivity contribution in [2.75, 3.05) is 6.54 Å². The van der Waals surface area contributed by atoms with Crippen LogP contribution in [0.25, 0.3) is 0 Å². The number of aromatic nitrogens is 1. The maximum absolute atomic E-state index is 9.47. The second kappa shape index (κ2) is 8.39. The third-order valence-corrected chi connectivity index (χ3v) is 4.23. The van der Waals surface area contributed by atoms with E-state index in [9.17, 15) is 5.26 Å². The van der Waals surface area contributed by atoms with Crippen molar-refractivity contribution in [1.29, 1.82) is 10.5 Å². The summed E-state index contributed by atoms with van der Waals surface area (Å²) in [4.78, 5) is 6.48. The minimum Gasteiger partial charge on any atom is -0.294 e. The van der Waals surface area contributed by atoms with Gasteiger partial charge in [-0.3, -0.25) is 9.88 Å². The molecule has 0 N–H and O–H groups in total. The van der Waals surface area contributed by atoms with Crippen molar-refractivity contribution in [3.8, 4) is 12.1 Å². The zero-order valence-electron chi connectivity index (χ0n) is 12.4. The molecule has 21 heavy (non-hydrogen) atoms. The van der Waals surface area contributed by atoms with Crippen molar-refractivity contribution in [3.05, 3.63) is 30.1 Å². The van der Waals surface area contributed by atoms with Crippen LogP contribution in [-0.2, 0) is 6.54 Å². The number of nitriles is 2. The lowest BCUT2D eigenvalue weighted by atomic mass is 9.94. The molecule has 0 amide bonds. The molecule has 1 aliphatic carbocycles. The highest BCUT2D eigenvalue weighted by Crippen LogP contribution is 2.28. The van der Waals surface area contributed by atoms with Gasteiger partial charge in [0.25, 0.3) is 0 Å². The number of hydrogen-bond donors (Lipinski definition) is 0. The van der Waals surface area contributed by atoms with Crippen molar-refractivity contribution in [2.24, 2.45) is 5.92 Å². The summed E-state index contributed by atoms with van der Waals surface area (Å²) in [6.45, 7) is 1.51. The Morgan fingerprint density at radius 2 is 2.10 bits per heavy atom. The number of pyridine rings is 1. The van der Waals surface area contributed by atoms with Gasteiger partial charge in [0.15, 0.2) is 0 Å². The van der Waals surface area contributed by atoms with Crippen LogP contribution in [0.5, 0.6) is 0 Å². The standard InChI is InChI=1S/C17H22N4/c18-9-5-11-21(14-15-6-4-10-20-13-15)17-8-3-1-2-7-16(17)12-19/h4,6,10,13,16-17H,1-3,5,7-8,11,14H2. The summed E-state index contributed by atoms with van der Waals surface area (Å²) >= 11 is 0. The minimum absolute atomic E-state index is 0.0860. The molecular weight excluding hydrogens is 260 g/mol. The fourth-order valence-corrected chi connectivity index (χ4v) is 3.16. The second-order valence-corrected chi connectivity index (χ2v) is 5.68. The first kappa shape index (κ1) is 15.5. The highest BCUT2D eigenvalue weighted by Gasteiger charge is 2.28. The maximum Gasteiger partial charge on any atom is 0.0672 e. The summed E-state index contributed by atoms with van der Waals surface area (Å²) in [6.07, 6.45) is 9.74. The lowest BCUT2D eigenvalue weighted by Gasteiger charge is -2.33. The van der Waals surface area contributed by atoms with Crippen LogP contribution in [-0.4, -0.2) is 22.5 Å². The smallest absolute Gasteiger partial charge is 0.0672 e. The molecule has 0 aliphatic heterocycles. The van der Waals surface area contributed by atoms with Gasteiger partial charge in [-0.2, -0.15) is 10.5 Å². The molecule has 4 nitrogen and oxygen atoms in total. The molecule has 110 valence electrons. The molecule has 0 saturated heterocycles. The van der Waals surface area contributed by atoms with Gasteiger partial charge in [0.2, 0.25) is 0 Å². The van der Waals surface area contributed by atoms with E-state index in [4.69, 9.17) is 5.26 Å². The van der Waals surface area contributed by atoms with E-state index >= 15 is 0 Å². The van der Waals surface area contributed by atoms with Gasteiger partial charge in [-0.25, -0.2) is 0 Å². The molecule has 2 atom stereocenters. The van der Waals surface area contributed by atoms with Gasteiger partial charge in [-0.05, 0) is 24.5 Å². The third-order valence-electron chi connectivity index (χ3n) is 4.23. The Morgan fingerprint density at radius 3 is 2.81 bits per heavy atom. The van der Waals surface area contributed by atoms with Gasteiger partial charge < -0.3 is 0 Å². The van der Waals surface area contributed by atoms with E-state index < -0.39 is 0 Å². The number of rotatable bonds is 5. The van der Waals surface area contributed by atoms with Crippen molar-refractivity contribution in [1.82, 2.24) is 9.88 Å². The summed E-state index contributed by atoms with van der Waals surface area (Å²) in [6, 6.07) is 8.99. The Labute approximate surface area is 127 Å². The normalized spacial score (nSPS) is 22.2. The largest absolute Gasteiger partial charge is 0.294 e. The zero-order chi connectivity index (χ0) is 14.9. The maximum atomic E-state index is 9.47. The number of hydrogen-bond acceptors (Lipinski definition) is 4. The predicted molar refractivity (Wildman–Crippen MR) is 80.9 cm³/mol. The molecule has 2 rings (SSSR count).